The molecule has 3 aromatic heterocycles. The predicted octanol–water partition coefficient (Wildman–Crippen LogP) is 6.20. The first kappa shape index (κ1) is 60.1. The number of hydrogen-bond donors (Lipinski definition) is 6. The number of aromatic nitrogens is 1. The summed E-state index contributed by atoms with van der Waals surface area (Å²) in [4.78, 5) is 94.8. The number of carboxylic acid groups (broad SMARTS) is 1. The maximum atomic E-state index is 12.2. The van der Waals surface area contributed by atoms with Crippen LogP contribution in [0, 0.1) is 40.9 Å². The number of amides is 4. The number of nitrogen functional groups attached to an aromatic ring is 1. The molecule has 0 unspecified atom stereocenters. The van der Waals surface area contributed by atoms with Crippen LogP contribution in [0.2, 0.25) is 0 Å². The van der Waals surface area contributed by atoms with E-state index in [1.54, 1.807) is 121 Å². The highest BCUT2D eigenvalue weighted by Gasteiger charge is 2.24. The molecule has 75 heavy (non-hydrogen) atoms. The standard InChI is InChI=1S/C16H15NO3S.C15H18N2O3.C14H16N2O3.C11H9NO3/c1-16(2,3)15(19)17-13-12-10(8-21-13)9-6-4-5-7-11(9)20-14(12)18;1-15(2,3)20-14(19)10-17-13(18)9-6-11-4-7-12(16)8-5-11;1-14(2,3)19-13(18)10-16-12(17)7-6-11-5-4-8-15-9-11;13-10(12-8-11(14)15)7-6-9-4-2-1-3-5-9/h4-8H,1-3H3,(H,17,19);4-5,7-8H,10,16H2,1-3H3,(H,17,18);4-5,8-9H,10H2,1-3H3,(H,16,17);1-5H,8H2,(H,12,13)(H,14,15). The zero-order valence-corrected chi connectivity index (χ0v) is 43.7. The van der Waals surface area contributed by atoms with Crippen LogP contribution in [0.3, 0.4) is 0 Å². The number of fused-ring (bicyclic) bond motifs is 3. The van der Waals surface area contributed by atoms with E-state index in [1.165, 1.54) is 11.3 Å². The first-order chi connectivity index (χ1) is 35.2. The van der Waals surface area contributed by atoms with E-state index in [-0.39, 0.29) is 19.0 Å². The monoisotopic (exact) mass is 1040 g/mol. The van der Waals surface area contributed by atoms with Crippen LogP contribution in [0.5, 0.6) is 0 Å². The molecule has 0 aliphatic rings. The summed E-state index contributed by atoms with van der Waals surface area (Å²) in [7, 11) is 0. The van der Waals surface area contributed by atoms with Gasteiger partial charge in [0.25, 0.3) is 17.7 Å². The third kappa shape index (κ3) is 24.1. The molecule has 0 radical (unpaired) electrons. The van der Waals surface area contributed by atoms with Gasteiger partial charge in [-0.2, -0.15) is 0 Å². The molecule has 6 aromatic rings. The van der Waals surface area contributed by atoms with Gasteiger partial charge >= 0.3 is 23.5 Å². The van der Waals surface area contributed by atoms with Gasteiger partial charge in [-0.25, -0.2) is 4.79 Å². The number of ether oxygens (including phenoxy) is 2. The number of nitrogens with one attached hydrogen (secondary N) is 4. The lowest BCUT2D eigenvalue weighted by molar-refractivity contribution is -0.155. The molecule has 390 valence electrons. The number of carbonyl (C=O) groups is 7. The summed E-state index contributed by atoms with van der Waals surface area (Å²) in [5.41, 5.74) is 6.66. The first-order valence-corrected chi connectivity index (χ1v) is 23.7. The molecule has 0 saturated carbocycles. The minimum atomic E-state index is -1.09. The van der Waals surface area contributed by atoms with Gasteiger partial charge in [-0.05, 0) is 96.1 Å². The van der Waals surface area contributed by atoms with Crippen LogP contribution in [0.4, 0.5) is 10.7 Å². The molecular weight excluding hydrogens is 981 g/mol. The van der Waals surface area contributed by atoms with Crippen molar-refractivity contribution < 1.29 is 52.6 Å². The van der Waals surface area contributed by atoms with Crippen LogP contribution < -0.4 is 32.6 Å². The maximum absolute atomic E-state index is 12.2. The third-order valence-corrected chi connectivity index (χ3v) is 9.51. The lowest BCUT2D eigenvalue weighted by atomic mass is 9.96. The molecule has 0 aliphatic carbocycles. The number of nitrogens with two attached hydrogens (primary N) is 1. The Morgan fingerprint density at radius 1 is 0.627 bits per heavy atom. The van der Waals surface area contributed by atoms with Crippen LogP contribution in [0.15, 0.2) is 118 Å². The number of carboxylic acids is 1. The minimum absolute atomic E-state index is 0.126. The third-order valence-electron chi connectivity index (χ3n) is 8.62. The van der Waals surface area contributed by atoms with E-state index in [0.717, 1.165) is 10.8 Å². The molecule has 0 atom stereocenters. The second-order valence-electron chi connectivity index (χ2n) is 18.5. The predicted molar refractivity (Wildman–Crippen MR) is 286 cm³/mol. The first-order valence-electron chi connectivity index (χ1n) is 22.8. The number of thiophene rings is 1. The molecule has 6 rings (SSSR count). The highest BCUT2D eigenvalue weighted by atomic mass is 32.1. The van der Waals surface area contributed by atoms with Crippen molar-refractivity contribution in [1.29, 1.82) is 0 Å². The molecule has 7 N–H and O–H groups in total. The van der Waals surface area contributed by atoms with E-state index in [4.69, 9.17) is 24.7 Å². The summed E-state index contributed by atoms with van der Waals surface area (Å²) >= 11 is 1.34. The van der Waals surface area contributed by atoms with Crippen LogP contribution in [-0.2, 0) is 43.0 Å². The summed E-state index contributed by atoms with van der Waals surface area (Å²) in [5, 5.41) is 22.6. The van der Waals surface area contributed by atoms with Gasteiger partial charge in [-0.3, -0.25) is 38.5 Å². The highest BCUT2D eigenvalue weighted by Crippen LogP contribution is 2.34. The molecule has 0 fully saturated rings. The van der Waals surface area contributed by atoms with E-state index < -0.39 is 64.4 Å². The number of hydrogen-bond acceptors (Lipinski definition) is 14. The number of esters is 2. The molecule has 19 heteroatoms. The van der Waals surface area contributed by atoms with Crippen molar-refractivity contribution in [3.05, 3.63) is 136 Å². The summed E-state index contributed by atoms with van der Waals surface area (Å²) in [5.74, 6) is 11.1. The molecule has 18 nitrogen and oxygen atoms in total. The number of para-hydroxylation sites is 1. The van der Waals surface area contributed by atoms with Gasteiger partial charge < -0.3 is 46.0 Å². The minimum Gasteiger partial charge on any atom is -0.480 e. The van der Waals surface area contributed by atoms with Gasteiger partial charge in [0, 0.05) is 74.1 Å². The van der Waals surface area contributed by atoms with E-state index >= 15 is 0 Å². The second kappa shape index (κ2) is 28.7. The van der Waals surface area contributed by atoms with Gasteiger partial charge in [-0.1, -0.05) is 74.9 Å². The summed E-state index contributed by atoms with van der Waals surface area (Å²) < 4.78 is 15.4. The lowest BCUT2D eigenvalue weighted by Crippen LogP contribution is -2.34. The average Bonchev–Trinajstić information content (AvgIpc) is 3.77. The van der Waals surface area contributed by atoms with Crippen LogP contribution in [0.25, 0.3) is 21.7 Å². The Kier molecular flexibility index (Phi) is 23.0. The zero-order chi connectivity index (χ0) is 55.8. The Morgan fingerprint density at radius 3 is 1.60 bits per heavy atom. The van der Waals surface area contributed by atoms with Crippen molar-refractivity contribution in [2.24, 2.45) is 5.41 Å². The van der Waals surface area contributed by atoms with E-state index in [0.29, 0.717) is 38.3 Å². The Labute approximate surface area is 438 Å². The Hall–Kier alpha value is -9.25. The molecule has 4 amide bonds. The van der Waals surface area contributed by atoms with E-state index in [1.807, 2.05) is 50.4 Å². The largest absolute Gasteiger partial charge is 0.480 e. The van der Waals surface area contributed by atoms with E-state index in [9.17, 15) is 38.4 Å². The Bertz CT molecular complexity index is 3220. The van der Waals surface area contributed by atoms with Gasteiger partial charge in [-0.15, -0.1) is 11.3 Å². The SMILES string of the molecule is CC(C)(C)C(=O)Nc1scc2c1c(=O)oc1ccccc12.CC(C)(C)OC(=O)CNC(=O)C#Cc1ccc(N)cc1.CC(C)(C)OC(=O)CNC(=O)C#Cc1cccnc1.O=C(O)CNC(=O)C#Cc1ccccc1. The molecular formula is C56H58N6O12S. The highest BCUT2D eigenvalue weighted by molar-refractivity contribution is 7.16. The number of pyridine rings is 1. The van der Waals surface area contributed by atoms with Crippen LogP contribution in [-0.4, -0.2) is 82.5 Å². The summed E-state index contributed by atoms with van der Waals surface area (Å²) in [6, 6.07) is 26.6. The fourth-order valence-corrected chi connectivity index (χ4v) is 6.27. The number of nitrogens with zero attached hydrogens (tertiary/aromatic N) is 1. The fraction of sp³-hybridized carbons (Fsp3) is 0.268. The molecule has 0 spiro atoms. The van der Waals surface area contributed by atoms with Crippen LogP contribution in [0.1, 0.15) is 79.0 Å². The topological polar surface area (TPSA) is 275 Å². The van der Waals surface area contributed by atoms with Gasteiger partial charge in [0.2, 0.25) is 5.91 Å². The van der Waals surface area contributed by atoms with Crippen molar-refractivity contribution in [1.82, 2.24) is 20.9 Å². The van der Waals surface area contributed by atoms with E-state index in [2.05, 4.69) is 61.8 Å². The van der Waals surface area contributed by atoms with Crippen molar-refractivity contribution in [3.63, 3.8) is 0 Å². The molecule has 3 heterocycles. The number of rotatable bonds is 7. The maximum Gasteiger partial charge on any atom is 0.347 e. The van der Waals surface area contributed by atoms with Gasteiger partial charge in [0.05, 0.1) is 0 Å². The van der Waals surface area contributed by atoms with Crippen molar-refractivity contribution >= 4 is 85.3 Å². The Morgan fingerprint density at radius 2 is 1.11 bits per heavy atom. The van der Waals surface area contributed by atoms with Crippen molar-refractivity contribution in [3.8, 4) is 35.5 Å². The van der Waals surface area contributed by atoms with Crippen molar-refractivity contribution in [2.75, 3.05) is 30.7 Å². The normalized spacial score (nSPS) is 10.3. The molecule has 0 saturated heterocycles. The Balaban J connectivity index is 0.000000265. The van der Waals surface area contributed by atoms with Gasteiger partial charge in [0.1, 0.15) is 46.8 Å². The fourth-order valence-electron chi connectivity index (χ4n) is 5.33. The molecule has 3 aromatic carbocycles. The van der Waals surface area contributed by atoms with Crippen molar-refractivity contribution in [2.45, 2.75) is 73.5 Å². The quantitative estimate of drug-likeness (QED) is 0.0450. The lowest BCUT2D eigenvalue weighted by Gasteiger charge is -2.19. The van der Waals surface area contributed by atoms with Crippen LogP contribution >= 0.6 is 11.3 Å². The summed E-state index contributed by atoms with van der Waals surface area (Å²) in [6.07, 6.45) is 3.17. The zero-order valence-electron chi connectivity index (χ0n) is 42.9. The second-order valence-corrected chi connectivity index (χ2v) is 19.4. The number of carbonyl (C=O) groups excluding carboxylic acids is 6. The molecule has 0 aliphatic heterocycles. The number of aliphatic carboxylic acids is 1. The summed E-state index contributed by atoms with van der Waals surface area (Å²) in [6.45, 7) is 15.2. The smallest absolute Gasteiger partial charge is 0.347 e. The number of benzene rings is 3. The number of anilines is 2. The average molecular weight is 1040 g/mol. The molecule has 0 bridgehead atoms. The van der Waals surface area contributed by atoms with Gasteiger partial charge in [0.15, 0.2) is 0 Å².